The number of rotatable bonds is 1. The van der Waals surface area contributed by atoms with Gasteiger partial charge in [0.15, 0.2) is 0 Å². The SMILES string of the molecule is CN(C)S(C)(C)(C)(N)N. The molecule has 0 saturated heterocycles. The molecular formula is C5H19N3S. The molecule has 0 bridgehead atoms. The molecule has 4 N–H and O–H groups in total. The van der Waals surface area contributed by atoms with Crippen molar-refractivity contribution in [3.05, 3.63) is 0 Å². The fourth-order valence-corrected chi connectivity index (χ4v) is 0. The summed E-state index contributed by atoms with van der Waals surface area (Å²) in [5.41, 5.74) is 0. The van der Waals surface area contributed by atoms with Gasteiger partial charge in [-0.3, -0.25) is 14.6 Å². The fraction of sp³-hybridized carbons (Fsp3) is 1.00. The van der Waals surface area contributed by atoms with Gasteiger partial charge in [0.05, 0.1) is 0 Å². The molecule has 0 heterocycles. The highest BCUT2D eigenvalue weighted by atomic mass is 32.4. The summed E-state index contributed by atoms with van der Waals surface area (Å²) in [5, 5.41) is 12.0. The highest BCUT2D eigenvalue weighted by Gasteiger charge is 2.38. The standard InChI is InChI=1S/C5H19N3S/c1-8(2)9(3,4,5,6)7/h6-7H2,1-5H3. The maximum Gasteiger partial charge on any atom is -0.00364 e. The Hall–Kier alpha value is 0.230. The van der Waals surface area contributed by atoms with Gasteiger partial charge in [-0.15, -0.1) is 0 Å². The van der Waals surface area contributed by atoms with Gasteiger partial charge in [0.1, 0.15) is 0 Å². The van der Waals surface area contributed by atoms with Crippen LogP contribution in [0.4, 0.5) is 0 Å². The Kier molecular flexibility index (Phi) is 1.33. The molecule has 0 saturated carbocycles. The van der Waals surface area contributed by atoms with E-state index in [9.17, 15) is 0 Å². The molecule has 0 aromatic heterocycles. The smallest absolute Gasteiger partial charge is 0.00364 e. The lowest BCUT2D eigenvalue weighted by Crippen LogP contribution is -2.58. The Labute approximate surface area is 57.0 Å². The molecule has 0 aliphatic heterocycles. The molecule has 0 aromatic rings. The van der Waals surface area contributed by atoms with E-state index in [0.717, 1.165) is 0 Å². The second-order valence-corrected chi connectivity index (χ2v) is 12.1. The number of nitrogens with zero attached hydrogens (tertiary/aromatic N) is 1. The van der Waals surface area contributed by atoms with Crippen molar-refractivity contribution in [3.8, 4) is 0 Å². The van der Waals surface area contributed by atoms with Crippen LogP contribution in [-0.4, -0.2) is 37.2 Å². The Morgan fingerprint density at radius 2 is 1.11 bits per heavy atom. The van der Waals surface area contributed by atoms with Gasteiger partial charge in [0, 0.05) is 0 Å². The van der Waals surface area contributed by atoms with Crippen LogP contribution >= 0.6 is 8.85 Å². The highest BCUT2D eigenvalue weighted by Crippen LogP contribution is 2.67. The van der Waals surface area contributed by atoms with Crippen molar-refractivity contribution in [1.82, 2.24) is 4.31 Å². The lowest BCUT2D eigenvalue weighted by Gasteiger charge is -2.71. The summed E-state index contributed by atoms with van der Waals surface area (Å²) in [4.78, 5) is 0. The van der Waals surface area contributed by atoms with Gasteiger partial charge in [-0.1, -0.05) is 0 Å². The van der Waals surface area contributed by atoms with Crippen LogP contribution in [0.15, 0.2) is 0 Å². The van der Waals surface area contributed by atoms with Crippen LogP contribution in [-0.2, 0) is 0 Å². The molecule has 0 radical (unpaired) electrons. The Balaban J connectivity index is 4.76. The van der Waals surface area contributed by atoms with Crippen molar-refractivity contribution in [2.45, 2.75) is 0 Å². The van der Waals surface area contributed by atoms with Crippen molar-refractivity contribution in [2.75, 3.05) is 32.9 Å². The second-order valence-electron chi connectivity index (χ2n) is 4.35. The Morgan fingerprint density at radius 3 is 1.11 bits per heavy atom. The van der Waals surface area contributed by atoms with E-state index in [1.54, 1.807) is 0 Å². The molecule has 9 heavy (non-hydrogen) atoms. The molecule has 0 aliphatic rings. The van der Waals surface area contributed by atoms with Crippen LogP contribution in [0.5, 0.6) is 0 Å². The molecule has 60 valence electrons. The van der Waals surface area contributed by atoms with Crippen LogP contribution in [0.1, 0.15) is 0 Å². The van der Waals surface area contributed by atoms with Gasteiger partial charge in [-0.2, -0.15) is 8.85 Å². The first-order chi connectivity index (χ1) is 3.43. The summed E-state index contributed by atoms with van der Waals surface area (Å²) in [7, 11) is 1.03. The van der Waals surface area contributed by atoms with E-state index < -0.39 is 8.85 Å². The Morgan fingerprint density at radius 1 is 1.00 bits per heavy atom. The summed E-state index contributed by atoms with van der Waals surface area (Å²) in [6, 6.07) is 0. The lowest BCUT2D eigenvalue weighted by molar-refractivity contribution is 0.653. The topological polar surface area (TPSA) is 55.3 Å². The minimum absolute atomic E-state index is 1.90. The maximum atomic E-state index is 5.99. The average molecular weight is 153 g/mol. The third-order valence-corrected chi connectivity index (χ3v) is 4.55. The molecule has 0 unspecified atom stereocenters. The third kappa shape index (κ3) is 3.05. The molecule has 0 aliphatic carbocycles. The van der Waals surface area contributed by atoms with Crippen molar-refractivity contribution in [1.29, 1.82) is 0 Å². The van der Waals surface area contributed by atoms with Crippen molar-refractivity contribution < 1.29 is 0 Å². The van der Waals surface area contributed by atoms with Gasteiger partial charge in [-0.05, 0) is 32.9 Å². The minimum Gasteiger partial charge on any atom is -0.288 e. The lowest BCUT2D eigenvalue weighted by atomic mass is 11.3. The van der Waals surface area contributed by atoms with Crippen molar-refractivity contribution in [3.63, 3.8) is 0 Å². The van der Waals surface area contributed by atoms with E-state index in [1.807, 2.05) is 37.2 Å². The van der Waals surface area contributed by atoms with E-state index in [1.165, 1.54) is 0 Å². The number of hydrogen-bond acceptors (Lipinski definition) is 3. The first-order valence-electron chi connectivity index (χ1n) is 2.77. The van der Waals surface area contributed by atoms with Gasteiger partial charge >= 0.3 is 0 Å². The molecule has 0 spiro atoms. The summed E-state index contributed by atoms with van der Waals surface area (Å²) in [5.74, 6) is 0. The molecule has 0 amide bonds. The first kappa shape index (κ1) is 9.23. The zero-order valence-corrected chi connectivity index (χ0v) is 7.83. The Bertz CT molecular complexity index is 115. The number of nitrogens with two attached hydrogens (primary N) is 2. The van der Waals surface area contributed by atoms with Gasteiger partial charge in [0.25, 0.3) is 0 Å². The minimum atomic E-state index is -2.78. The normalized spacial score (nSPS) is 21.3. The van der Waals surface area contributed by atoms with E-state index in [-0.39, 0.29) is 0 Å². The highest BCUT2D eigenvalue weighted by molar-refractivity contribution is 8.58. The summed E-state index contributed by atoms with van der Waals surface area (Å²) in [6.45, 7) is 0. The zero-order chi connectivity index (χ0) is 7.99. The molecule has 0 aromatic carbocycles. The monoisotopic (exact) mass is 153 g/mol. The maximum absolute atomic E-state index is 5.99. The second kappa shape index (κ2) is 1.29. The van der Waals surface area contributed by atoms with Crippen molar-refractivity contribution in [2.24, 2.45) is 10.3 Å². The van der Waals surface area contributed by atoms with E-state index >= 15 is 0 Å². The molecular weight excluding hydrogens is 134 g/mol. The predicted molar refractivity (Wildman–Crippen MR) is 47.4 cm³/mol. The average Bonchev–Trinajstić information content (AvgIpc) is 1.24. The quantitative estimate of drug-likeness (QED) is 0.556. The molecule has 3 nitrogen and oxygen atoms in total. The van der Waals surface area contributed by atoms with Crippen molar-refractivity contribution >= 4 is 8.85 Å². The predicted octanol–water partition coefficient (Wildman–Crippen LogP) is -0.0242. The van der Waals surface area contributed by atoms with Crippen LogP contribution < -0.4 is 10.3 Å². The van der Waals surface area contributed by atoms with E-state index in [4.69, 9.17) is 10.3 Å². The summed E-state index contributed by atoms with van der Waals surface area (Å²) < 4.78 is 1.90. The van der Waals surface area contributed by atoms with Crippen LogP contribution in [0.2, 0.25) is 0 Å². The van der Waals surface area contributed by atoms with Gasteiger partial charge in [0.2, 0.25) is 0 Å². The van der Waals surface area contributed by atoms with Crippen LogP contribution in [0.3, 0.4) is 0 Å². The molecule has 0 fully saturated rings. The summed E-state index contributed by atoms with van der Waals surface area (Å²) in [6.07, 6.45) is 5.71. The zero-order valence-electron chi connectivity index (χ0n) is 7.01. The van der Waals surface area contributed by atoms with Crippen LogP contribution in [0.25, 0.3) is 0 Å². The van der Waals surface area contributed by atoms with Crippen LogP contribution in [0, 0.1) is 0 Å². The number of hydrogen-bond donors (Lipinski definition) is 2. The van der Waals surface area contributed by atoms with E-state index in [0.29, 0.717) is 0 Å². The largest absolute Gasteiger partial charge is 0.288 e. The fourth-order valence-electron chi connectivity index (χ4n) is 0. The summed E-state index contributed by atoms with van der Waals surface area (Å²) >= 11 is 0. The van der Waals surface area contributed by atoms with E-state index in [2.05, 4.69) is 0 Å². The first-order valence-corrected chi connectivity index (χ1v) is 6.53. The molecule has 4 heteroatoms. The van der Waals surface area contributed by atoms with Gasteiger partial charge < -0.3 is 0 Å². The third-order valence-electron chi connectivity index (χ3n) is 1.52. The molecule has 0 atom stereocenters. The van der Waals surface area contributed by atoms with Gasteiger partial charge in [-0.25, -0.2) is 0 Å². The molecule has 0 rings (SSSR count).